The van der Waals surface area contributed by atoms with Crippen LogP contribution in [-0.2, 0) is 17.8 Å². The van der Waals surface area contributed by atoms with Gasteiger partial charge in [0.25, 0.3) is 11.5 Å². The van der Waals surface area contributed by atoms with Crippen molar-refractivity contribution >= 4 is 34.1 Å². The number of hydrogen-bond donors (Lipinski definition) is 0. The molecule has 160 valence electrons. The summed E-state index contributed by atoms with van der Waals surface area (Å²) in [6.07, 6.45) is 1.78. The van der Waals surface area contributed by atoms with Crippen molar-refractivity contribution in [3.63, 3.8) is 0 Å². The summed E-state index contributed by atoms with van der Waals surface area (Å²) in [6.45, 7) is 3.41. The third-order valence-electron chi connectivity index (χ3n) is 5.95. The van der Waals surface area contributed by atoms with E-state index in [9.17, 15) is 9.59 Å². The van der Waals surface area contributed by atoms with Gasteiger partial charge in [-0.05, 0) is 42.8 Å². The van der Waals surface area contributed by atoms with Crippen molar-refractivity contribution in [3.05, 3.63) is 63.7 Å². The van der Waals surface area contributed by atoms with Crippen LogP contribution in [0.5, 0.6) is 5.75 Å². The van der Waals surface area contributed by atoms with E-state index in [1.807, 2.05) is 29.2 Å². The molecule has 0 atom stereocenters. The summed E-state index contributed by atoms with van der Waals surface area (Å²) in [5, 5.41) is 1.24. The van der Waals surface area contributed by atoms with Crippen molar-refractivity contribution < 1.29 is 9.53 Å². The van der Waals surface area contributed by atoms with E-state index in [1.54, 1.807) is 22.8 Å². The van der Waals surface area contributed by atoms with Crippen LogP contribution < -0.4 is 15.2 Å². The van der Waals surface area contributed by atoms with Crippen LogP contribution in [0.2, 0.25) is 5.02 Å². The summed E-state index contributed by atoms with van der Waals surface area (Å²) < 4.78 is 7.47. The van der Waals surface area contributed by atoms with Gasteiger partial charge < -0.3 is 14.5 Å². The van der Waals surface area contributed by atoms with Crippen LogP contribution in [0.3, 0.4) is 0 Å². The summed E-state index contributed by atoms with van der Waals surface area (Å²) >= 11 is 6.08. The van der Waals surface area contributed by atoms with Gasteiger partial charge in [0.15, 0.2) is 6.61 Å². The molecule has 2 aliphatic heterocycles. The molecule has 7 nitrogen and oxygen atoms in total. The molecular weight excluding hydrogens is 416 g/mol. The van der Waals surface area contributed by atoms with Gasteiger partial charge in [-0.3, -0.25) is 14.2 Å². The fourth-order valence-electron chi connectivity index (χ4n) is 4.28. The third kappa shape index (κ3) is 3.97. The fraction of sp³-hybridized carbons (Fsp3) is 0.348. The topological polar surface area (TPSA) is 67.7 Å². The summed E-state index contributed by atoms with van der Waals surface area (Å²) in [4.78, 5) is 34.0. The molecule has 8 heteroatoms. The smallest absolute Gasteiger partial charge is 0.261 e. The van der Waals surface area contributed by atoms with Gasteiger partial charge in [-0.25, -0.2) is 4.98 Å². The minimum atomic E-state index is -0.0605. The summed E-state index contributed by atoms with van der Waals surface area (Å²) in [5.41, 5.74) is 1.71. The number of rotatable bonds is 4. The molecule has 0 aliphatic carbocycles. The monoisotopic (exact) mass is 438 g/mol. The first-order chi connectivity index (χ1) is 15.1. The molecule has 0 spiro atoms. The Hall–Kier alpha value is -3.06. The molecule has 0 bridgehead atoms. The van der Waals surface area contributed by atoms with Crippen LogP contribution in [0.4, 0.5) is 5.69 Å². The molecule has 2 aliphatic rings. The predicted molar refractivity (Wildman–Crippen MR) is 120 cm³/mol. The van der Waals surface area contributed by atoms with Gasteiger partial charge in [0.1, 0.15) is 11.6 Å². The Bertz CT molecular complexity index is 1200. The van der Waals surface area contributed by atoms with E-state index in [-0.39, 0.29) is 18.1 Å². The maximum absolute atomic E-state index is 12.7. The number of hydrogen-bond acceptors (Lipinski definition) is 5. The van der Waals surface area contributed by atoms with Crippen LogP contribution >= 0.6 is 11.6 Å². The Morgan fingerprint density at radius 2 is 1.90 bits per heavy atom. The average Bonchev–Trinajstić information content (AvgIpc) is 3.27. The summed E-state index contributed by atoms with van der Waals surface area (Å²) in [7, 11) is 0. The molecule has 1 amide bonds. The van der Waals surface area contributed by atoms with Crippen LogP contribution in [0, 0.1) is 0 Å². The molecule has 0 unspecified atom stereocenters. The highest BCUT2D eigenvalue weighted by molar-refractivity contribution is 6.30. The minimum Gasteiger partial charge on any atom is -0.484 e. The van der Waals surface area contributed by atoms with Gasteiger partial charge in [0, 0.05) is 49.9 Å². The zero-order valence-electron chi connectivity index (χ0n) is 17.1. The molecule has 31 heavy (non-hydrogen) atoms. The number of aryl methyl sites for hydroxylation is 1. The molecule has 5 rings (SSSR count). The Morgan fingerprint density at radius 3 is 2.71 bits per heavy atom. The van der Waals surface area contributed by atoms with Crippen LogP contribution in [0.25, 0.3) is 10.9 Å². The Balaban J connectivity index is 1.21. The number of ether oxygens (including phenoxy) is 1. The van der Waals surface area contributed by atoms with Gasteiger partial charge in [-0.2, -0.15) is 0 Å². The number of piperazine rings is 1. The highest BCUT2D eigenvalue weighted by Gasteiger charge is 2.22. The Labute approximate surface area is 184 Å². The van der Waals surface area contributed by atoms with E-state index < -0.39 is 0 Å². The number of benzene rings is 2. The molecule has 1 fully saturated rings. The first kappa shape index (κ1) is 19.9. The van der Waals surface area contributed by atoms with E-state index in [4.69, 9.17) is 16.3 Å². The van der Waals surface area contributed by atoms with E-state index in [0.29, 0.717) is 41.3 Å². The number of carbonyl (C=O) groups is 1. The average molecular weight is 439 g/mol. The lowest BCUT2D eigenvalue weighted by molar-refractivity contribution is -0.133. The van der Waals surface area contributed by atoms with Crippen molar-refractivity contribution in [2.45, 2.75) is 19.4 Å². The fourth-order valence-corrected chi connectivity index (χ4v) is 4.46. The Morgan fingerprint density at radius 1 is 1.06 bits per heavy atom. The minimum absolute atomic E-state index is 0.0357. The zero-order valence-corrected chi connectivity index (χ0v) is 17.8. The number of amides is 1. The van der Waals surface area contributed by atoms with Gasteiger partial charge >= 0.3 is 0 Å². The molecule has 3 heterocycles. The molecular formula is C23H23ClN4O3. The van der Waals surface area contributed by atoms with Gasteiger partial charge in [0.2, 0.25) is 0 Å². The lowest BCUT2D eigenvalue weighted by Gasteiger charge is -2.36. The molecule has 3 aromatic rings. The highest BCUT2D eigenvalue weighted by atomic mass is 35.5. The molecule has 0 N–H and O–H groups in total. The van der Waals surface area contributed by atoms with Crippen molar-refractivity contribution in [2.24, 2.45) is 0 Å². The van der Waals surface area contributed by atoms with E-state index in [2.05, 4.69) is 9.88 Å². The number of nitrogens with zero attached hydrogens (tertiary/aromatic N) is 4. The van der Waals surface area contributed by atoms with Crippen LogP contribution in [0.15, 0.2) is 47.3 Å². The van der Waals surface area contributed by atoms with Crippen LogP contribution in [-0.4, -0.2) is 53.1 Å². The molecule has 0 radical (unpaired) electrons. The molecule has 1 saturated heterocycles. The maximum Gasteiger partial charge on any atom is 0.261 e. The van der Waals surface area contributed by atoms with Gasteiger partial charge in [-0.15, -0.1) is 0 Å². The van der Waals surface area contributed by atoms with Crippen molar-refractivity contribution in [1.82, 2.24) is 14.5 Å². The standard InChI is InChI=1S/C23H23ClN4O3/c24-16-3-1-4-17(13-16)26-9-11-27(12-10-26)22(29)15-31-18-6-7-20-19(14-18)23(30)28-8-2-5-21(28)25-20/h1,3-4,6-7,13-14H,2,5,8-12,15H2. The number of aromatic nitrogens is 2. The molecule has 0 saturated carbocycles. The first-order valence-electron chi connectivity index (χ1n) is 10.5. The second-order valence-electron chi connectivity index (χ2n) is 7.90. The lowest BCUT2D eigenvalue weighted by Crippen LogP contribution is -2.50. The number of carbonyl (C=O) groups excluding carboxylic acids is 1. The molecule has 1 aromatic heterocycles. The number of fused-ring (bicyclic) bond motifs is 2. The van der Waals surface area contributed by atoms with Gasteiger partial charge in [0.05, 0.1) is 10.9 Å². The number of anilines is 1. The van der Waals surface area contributed by atoms with Crippen molar-refractivity contribution in [3.8, 4) is 5.75 Å². The summed E-state index contributed by atoms with van der Waals surface area (Å²) in [5.74, 6) is 1.30. The normalized spacial score (nSPS) is 15.9. The highest BCUT2D eigenvalue weighted by Crippen LogP contribution is 2.22. The van der Waals surface area contributed by atoms with Crippen molar-refractivity contribution in [1.29, 1.82) is 0 Å². The quantitative estimate of drug-likeness (QED) is 0.626. The van der Waals surface area contributed by atoms with Gasteiger partial charge in [-0.1, -0.05) is 17.7 Å². The van der Waals surface area contributed by atoms with E-state index in [0.717, 1.165) is 37.4 Å². The first-order valence-corrected chi connectivity index (χ1v) is 10.9. The number of halogens is 1. The molecule has 2 aromatic carbocycles. The maximum atomic E-state index is 12.7. The second kappa shape index (κ2) is 8.23. The third-order valence-corrected chi connectivity index (χ3v) is 6.19. The Kier molecular flexibility index (Phi) is 5.28. The second-order valence-corrected chi connectivity index (χ2v) is 8.34. The largest absolute Gasteiger partial charge is 0.484 e. The van der Waals surface area contributed by atoms with E-state index in [1.165, 1.54) is 0 Å². The van der Waals surface area contributed by atoms with Crippen LogP contribution in [0.1, 0.15) is 12.2 Å². The lowest BCUT2D eigenvalue weighted by atomic mass is 10.2. The summed E-state index contributed by atoms with van der Waals surface area (Å²) in [6, 6.07) is 13.0. The SMILES string of the molecule is O=C(COc1ccc2nc3n(c(=O)c2c1)CCC3)N1CCN(c2cccc(Cl)c2)CC1. The zero-order chi connectivity index (χ0) is 21.4. The van der Waals surface area contributed by atoms with Crippen molar-refractivity contribution in [2.75, 3.05) is 37.7 Å². The van der Waals surface area contributed by atoms with E-state index >= 15 is 0 Å². The predicted octanol–water partition coefficient (Wildman–Crippen LogP) is 2.72.